The average molecular weight is 413 g/mol. The van der Waals surface area contributed by atoms with Crippen molar-refractivity contribution < 1.29 is 0 Å². The number of rotatable bonds is 3. The van der Waals surface area contributed by atoms with Crippen molar-refractivity contribution in [3.8, 4) is 22.6 Å². The maximum Gasteiger partial charge on any atom is 0.162 e. The normalized spacial score (nSPS) is 14.3. The van der Waals surface area contributed by atoms with E-state index in [1.807, 2.05) is 53.3 Å². The van der Waals surface area contributed by atoms with E-state index in [4.69, 9.17) is 21.7 Å². The molecule has 0 N–H and O–H groups in total. The van der Waals surface area contributed by atoms with Crippen LogP contribution in [0, 0.1) is 0 Å². The molecule has 4 heterocycles. The lowest BCUT2D eigenvalue weighted by molar-refractivity contribution is 0.296. The Labute approximate surface area is 177 Å². The third-order valence-electron chi connectivity index (χ3n) is 5.75. The molecule has 1 saturated carbocycles. The fraction of sp³-hybridized carbons (Fsp3) is 0.174. The molecular weight excluding hydrogens is 396 g/mol. The van der Waals surface area contributed by atoms with Gasteiger partial charge in [-0.25, -0.2) is 19.6 Å². The Balaban J connectivity index is 1.55. The summed E-state index contributed by atoms with van der Waals surface area (Å²) in [6, 6.07) is 14.1. The molecule has 7 heteroatoms. The van der Waals surface area contributed by atoms with E-state index in [9.17, 15) is 0 Å². The van der Waals surface area contributed by atoms with Gasteiger partial charge >= 0.3 is 0 Å². The highest BCUT2D eigenvalue weighted by Gasteiger charge is 2.25. The number of pyridine rings is 2. The van der Waals surface area contributed by atoms with Crippen molar-refractivity contribution in [1.29, 1.82) is 0 Å². The quantitative estimate of drug-likeness (QED) is 0.392. The van der Waals surface area contributed by atoms with Gasteiger partial charge in [0.05, 0.1) is 33.4 Å². The third-order valence-corrected chi connectivity index (χ3v) is 6.06. The van der Waals surface area contributed by atoms with Crippen LogP contribution < -0.4 is 0 Å². The Morgan fingerprint density at radius 3 is 2.73 bits per heavy atom. The van der Waals surface area contributed by atoms with Gasteiger partial charge in [-0.2, -0.15) is 5.10 Å². The summed E-state index contributed by atoms with van der Waals surface area (Å²) in [4.78, 5) is 18.0. The number of hydrogen-bond donors (Lipinski definition) is 0. The van der Waals surface area contributed by atoms with Crippen molar-refractivity contribution in [3.05, 3.63) is 66.2 Å². The first-order valence-corrected chi connectivity index (χ1v) is 10.4. The second kappa shape index (κ2) is 6.85. The standard InChI is InChI=1S/C23H17ClN6/c24-18-10-14-7-8-20(19-6-1-2-9-26-19)28-21(14)11-16(18)22-17-12-25-13-27-23(17)30(29-22)15-4-3-5-15/h1-2,6-13,15H,3-5H2. The van der Waals surface area contributed by atoms with Gasteiger partial charge in [0.2, 0.25) is 0 Å². The van der Waals surface area contributed by atoms with Crippen LogP contribution in [0.15, 0.2) is 61.2 Å². The molecule has 0 atom stereocenters. The van der Waals surface area contributed by atoms with Crippen molar-refractivity contribution in [2.45, 2.75) is 25.3 Å². The number of hydrogen-bond acceptors (Lipinski definition) is 5. The Kier molecular flexibility index (Phi) is 3.99. The topological polar surface area (TPSA) is 69.4 Å². The Morgan fingerprint density at radius 1 is 1.00 bits per heavy atom. The zero-order chi connectivity index (χ0) is 20.1. The van der Waals surface area contributed by atoms with Crippen LogP contribution in [0.1, 0.15) is 25.3 Å². The lowest BCUT2D eigenvalue weighted by Gasteiger charge is -2.25. The molecule has 0 aliphatic heterocycles. The van der Waals surface area contributed by atoms with E-state index in [-0.39, 0.29) is 0 Å². The van der Waals surface area contributed by atoms with E-state index < -0.39 is 0 Å². The highest BCUT2D eigenvalue weighted by atomic mass is 35.5. The summed E-state index contributed by atoms with van der Waals surface area (Å²) >= 11 is 6.70. The summed E-state index contributed by atoms with van der Waals surface area (Å²) in [5.74, 6) is 0. The molecule has 6 rings (SSSR count). The average Bonchev–Trinajstić information content (AvgIpc) is 3.11. The number of nitrogens with zero attached hydrogens (tertiary/aromatic N) is 6. The molecule has 30 heavy (non-hydrogen) atoms. The molecule has 1 aliphatic rings. The van der Waals surface area contributed by atoms with Crippen LogP contribution >= 0.6 is 11.6 Å². The first-order chi connectivity index (χ1) is 14.8. The minimum atomic E-state index is 0.393. The van der Waals surface area contributed by atoms with E-state index in [0.717, 1.165) is 57.4 Å². The van der Waals surface area contributed by atoms with E-state index in [2.05, 4.69) is 15.0 Å². The molecule has 1 aliphatic carbocycles. The van der Waals surface area contributed by atoms with Gasteiger partial charge in [0.1, 0.15) is 12.0 Å². The molecule has 1 fully saturated rings. The van der Waals surface area contributed by atoms with Gasteiger partial charge in [0.25, 0.3) is 0 Å². The summed E-state index contributed by atoms with van der Waals surface area (Å²) in [6.45, 7) is 0. The summed E-state index contributed by atoms with van der Waals surface area (Å²) in [5, 5.41) is 7.44. The highest BCUT2D eigenvalue weighted by molar-refractivity contribution is 6.34. The van der Waals surface area contributed by atoms with Gasteiger partial charge in [-0.05, 0) is 49.6 Å². The van der Waals surface area contributed by atoms with Crippen LogP contribution in [0.3, 0.4) is 0 Å². The van der Waals surface area contributed by atoms with Crippen molar-refractivity contribution in [2.75, 3.05) is 0 Å². The zero-order valence-corrected chi connectivity index (χ0v) is 16.8. The molecule has 6 nitrogen and oxygen atoms in total. The van der Waals surface area contributed by atoms with E-state index in [1.54, 1.807) is 12.5 Å². The largest absolute Gasteiger partial charge is 0.255 e. The Hall–Kier alpha value is -3.38. The molecule has 0 spiro atoms. The maximum atomic E-state index is 6.70. The molecular formula is C23H17ClN6. The number of halogens is 1. The van der Waals surface area contributed by atoms with Crippen molar-refractivity contribution in [3.63, 3.8) is 0 Å². The second-order valence-corrected chi connectivity index (χ2v) is 7.98. The number of aromatic nitrogens is 6. The van der Waals surface area contributed by atoms with Gasteiger partial charge in [-0.3, -0.25) is 4.98 Å². The molecule has 0 radical (unpaired) electrons. The molecule has 1 aromatic carbocycles. The fourth-order valence-corrected chi connectivity index (χ4v) is 4.21. The van der Waals surface area contributed by atoms with Crippen molar-refractivity contribution in [1.82, 2.24) is 29.7 Å². The van der Waals surface area contributed by atoms with Gasteiger partial charge in [-0.1, -0.05) is 23.7 Å². The van der Waals surface area contributed by atoms with Crippen LogP contribution in [0.2, 0.25) is 5.02 Å². The van der Waals surface area contributed by atoms with Crippen LogP contribution in [-0.4, -0.2) is 29.7 Å². The van der Waals surface area contributed by atoms with Crippen LogP contribution in [0.4, 0.5) is 0 Å². The van der Waals surface area contributed by atoms with E-state index in [0.29, 0.717) is 11.1 Å². The van der Waals surface area contributed by atoms with Gasteiger partial charge in [0, 0.05) is 23.3 Å². The lowest BCUT2D eigenvalue weighted by Crippen LogP contribution is -2.18. The predicted octanol–water partition coefficient (Wildman–Crippen LogP) is 5.48. The molecule has 0 unspecified atom stereocenters. The summed E-state index contributed by atoms with van der Waals surface area (Å²) in [5.41, 5.74) is 5.01. The zero-order valence-electron chi connectivity index (χ0n) is 16.0. The first kappa shape index (κ1) is 17.5. The first-order valence-electron chi connectivity index (χ1n) is 9.98. The maximum absolute atomic E-state index is 6.70. The number of fused-ring (bicyclic) bond motifs is 2. The minimum Gasteiger partial charge on any atom is -0.255 e. The van der Waals surface area contributed by atoms with Gasteiger partial charge in [-0.15, -0.1) is 0 Å². The highest BCUT2D eigenvalue weighted by Crippen LogP contribution is 2.39. The van der Waals surface area contributed by atoms with E-state index in [1.165, 1.54) is 6.42 Å². The summed E-state index contributed by atoms with van der Waals surface area (Å²) in [6.07, 6.45) is 8.64. The molecule has 4 aromatic heterocycles. The smallest absolute Gasteiger partial charge is 0.162 e. The fourth-order valence-electron chi connectivity index (χ4n) is 3.95. The monoisotopic (exact) mass is 412 g/mol. The third kappa shape index (κ3) is 2.75. The summed E-state index contributed by atoms with van der Waals surface area (Å²) < 4.78 is 2.04. The number of benzene rings is 1. The van der Waals surface area contributed by atoms with Crippen LogP contribution in [0.5, 0.6) is 0 Å². The van der Waals surface area contributed by atoms with Gasteiger partial charge < -0.3 is 0 Å². The Bertz CT molecular complexity index is 1390. The Morgan fingerprint density at radius 2 is 1.93 bits per heavy atom. The minimum absolute atomic E-state index is 0.393. The second-order valence-electron chi connectivity index (χ2n) is 7.57. The SMILES string of the molecule is Clc1cc2ccc(-c3ccccn3)nc2cc1-c1nn(C2CCC2)c2ncncc12. The molecule has 0 bridgehead atoms. The van der Waals surface area contributed by atoms with Crippen molar-refractivity contribution in [2.24, 2.45) is 0 Å². The van der Waals surface area contributed by atoms with E-state index >= 15 is 0 Å². The van der Waals surface area contributed by atoms with Crippen LogP contribution in [0.25, 0.3) is 44.6 Å². The van der Waals surface area contributed by atoms with Crippen LogP contribution in [-0.2, 0) is 0 Å². The molecule has 0 amide bonds. The lowest BCUT2D eigenvalue weighted by atomic mass is 9.93. The molecule has 0 saturated heterocycles. The van der Waals surface area contributed by atoms with Gasteiger partial charge in [0.15, 0.2) is 5.65 Å². The summed E-state index contributed by atoms with van der Waals surface area (Å²) in [7, 11) is 0. The molecule has 5 aromatic rings. The predicted molar refractivity (Wildman–Crippen MR) is 117 cm³/mol. The van der Waals surface area contributed by atoms with Crippen molar-refractivity contribution >= 4 is 33.5 Å². The molecule has 146 valence electrons.